The molecule has 1 aliphatic rings. The summed E-state index contributed by atoms with van der Waals surface area (Å²) in [6, 6.07) is 5.72. The topological polar surface area (TPSA) is 27.3 Å². The van der Waals surface area contributed by atoms with E-state index in [0.717, 1.165) is 31.9 Å². The number of hydrogen-bond acceptors (Lipinski definition) is 3. The van der Waals surface area contributed by atoms with E-state index in [9.17, 15) is 0 Å². The van der Waals surface area contributed by atoms with Gasteiger partial charge in [-0.3, -0.25) is 5.43 Å². The molecule has 1 saturated heterocycles. The predicted molar refractivity (Wildman–Crippen MR) is 70.0 cm³/mol. The second-order valence-electron chi connectivity index (χ2n) is 3.51. The van der Waals surface area contributed by atoms with Crippen molar-refractivity contribution < 1.29 is 0 Å². The monoisotopic (exact) mass is 269 g/mol. The Bertz CT molecular complexity index is 343. The third kappa shape index (κ3) is 4.17. The Morgan fingerprint density at radius 3 is 2.62 bits per heavy atom. The molecular formula is C10H14Cl2N3Na. The summed E-state index contributed by atoms with van der Waals surface area (Å²) in [7, 11) is 0. The molecule has 1 aromatic carbocycles. The van der Waals surface area contributed by atoms with E-state index in [4.69, 9.17) is 23.2 Å². The van der Waals surface area contributed by atoms with Crippen LogP contribution in [0, 0.1) is 0 Å². The molecule has 1 heterocycles. The first-order chi connectivity index (χ1) is 7.25. The van der Waals surface area contributed by atoms with Crippen LogP contribution in [-0.2, 0) is 6.54 Å². The number of halogens is 2. The van der Waals surface area contributed by atoms with Crippen molar-refractivity contribution in [1.29, 1.82) is 0 Å². The third-order valence-corrected chi connectivity index (χ3v) is 3.04. The zero-order chi connectivity index (χ0) is 10.7. The fourth-order valence-electron chi connectivity index (χ4n) is 1.54. The Hall–Kier alpha value is 0.680. The van der Waals surface area contributed by atoms with Gasteiger partial charge in [0.05, 0.1) is 16.7 Å². The first-order valence-corrected chi connectivity index (χ1v) is 5.64. The molecule has 2 N–H and O–H groups in total. The van der Waals surface area contributed by atoms with Crippen LogP contribution in [0.1, 0.15) is 5.56 Å². The Morgan fingerprint density at radius 1 is 1.19 bits per heavy atom. The van der Waals surface area contributed by atoms with Crippen LogP contribution in [0.2, 0.25) is 10.0 Å². The molecular weight excluding hydrogens is 256 g/mol. The number of rotatable bonds is 2. The van der Waals surface area contributed by atoms with E-state index in [1.54, 1.807) is 0 Å². The molecule has 3 nitrogen and oxygen atoms in total. The molecule has 0 amide bonds. The number of nitrogens with one attached hydrogen (secondary N) is 2. The van der Waals surface area contributed by atoms with E-state index in [1.807, 2.05) is 18.2 Å². The number of benzene rings is 1. The van der Waals surface area contributed by atoms with Crippen molar-refractivity contribution in [3.63, 3.8) is 0 Å². The first kappa shape index (κ1) is 14.7. The summed E-state index contributed by atoms with van der Waals surface area (Å²) in [5.74, 6) is 0. The number of hydrazine groups is 1. The average molecular weight is 270 g/mol. The van der Waals surface area contributed by atoms with Gasteiger partial charge in [0.25, 0.3) is 0 Å². The van der Waals surface area contributed by atoms with Crippen molar-refractivity contribution in [2.24, 2.45) is 0 Å². The molecule has 1 aliphatic heterocycles. The second-order valence-corrected chi connectivity index (χ2v) is 4.33. The second kappa shape index (κ2) is 7.19. The van der Waals surface area contributed by atoms with Crippen LogP contribution < -0.4 is 10.7 Å². The quantitative estimate of drug-likeness (QED) is 0.791. The Kier molecular flexibility index (Phi) is 6.62. The molecule has 6 heteroatoms. The van der Waals surface area contributed by atoms with Crippen LogP contribution in [0.25, 0.3) is 0 Å². The van der Waals surface area contributed by atoms with Crippen molar-refractivity contribution in [2.75, 3.05) is 19.8 Å². The molecule has 0 aliphatic carbocycles. The van der Waals surface area contributed by atoms with Crippen LogP contribution >= 0.6 is 23.2 Å². The van der Waals surface area contributed by atoms with Crippen LogP contribution in [-0.4, -0.2) is 54.3 Å². The molecule has 84 valence electrons. The summed E-state index contributed by atoms with van der Waals surface area (Å²) in [5, 5.41) is 6.61. The first-order valence-electron chi connectivity index (χ1n) is 4.89. The van der Waals surface area contributed by atoms with E-state index >= 15 is 0 Å². The molecule has 2 rings (SSSR count). The standard InChI is InChI=1S/C10H13Cl2N3.Na.H/c11-9-2-1-8(5-10(9)12)6-15-7-13-3-4-14-15;;/h1-2,5,13-14H,3-4,6-7H2;;. The fraction of sp³-hybridized carbons (Fsp3) is 0.400. The summed E-state index contributed by atoms with van der Waals surface area (Å²) in [5.41, 5.74) is 4.45. The average Bonchev–Trinajstić information content (AvgIpc) is 2.25. The molecule has 1 aromatic rings. The molecule has 16 heavy (non-hydrogen) atoms. The number of nitrogens with zero attached hydrogens (tertiary/aromatic N) is 1. The summed E-state index contributed by atoms with van der Waals surface area (Å²) in [6.07, 6.45) is 0. The van der Waals surface area contributed by atoms with Crippen molar-refractivity contribution in [2.45, 2.75) is 6.54 Å². The predicted octanol–water partition coefficient (Wildman–Crippen LogP) is 1.21. The minimum atomic E-state index is 0. The van der Waals surface area contributed by atoms with E-state index in [0.29, 0.717) is 10.0 Å². The van der Waals surface area contributed by atoms with Gasteiger partial charge < -0.3 is 5.32 Å². The zero-order valence-electron chi connectivity index (χ0n) is 8.26. The van der Waals surface area contributed by atoms with Gasteiger partial charge in [0.15, 0.2) is 0 Å². The van der Waals surface area contributed by atoms with Gasteiger partial charge in [-0.1, -0.05) is 29.3 Å². The van der Waals surface area contributed by atoms with Crippen LogP contribution in [0.5, 0.6) is 0 Å². The van der Waals surface area contributed by atoms with Gasteiger partial charge in [-0.05, 0) is 17.7 Å². The molecule has 0 aromatic heterocycles. The normalized spacial score (nSPS) is 16.9. The Labute approximate surface area is 128 Å². The molecule has 0 unspecified atom stereocenters. The molecule has 0 spiro atoms. The molecule has 0 radical (unpaired) electrons. The third-order valence-electron chi connectivity index (χ3n) is 2.30. The number of hydrogen-bond donors (Lipinski definition) is 2. The molecule has 0 bridgehead atoms. The molecule has 0 saturated carbocycles. The van der Waals surface area contributed by atoms with Gasteiger partial charge in [0.1, 0.15) is 0 Å². The van der Waals surface area contributed by atoms with Gasteiger partial charge in [-0.25, -0.2) is 5.01 Å². The zero-order valence-corrected chi connectivity index (χ0v) is 9.78. The van der Waals surface area contributed by atoms with Gasteiger partial charge in [-0.2, -0.15) is 0 Å². The molecule has 0 atom stereocenters. The van der Waals surface area contributed by atoms with Gasteiger partial charge in [-0.15, -0.1) is 0 Å². The van der Waals surface area contributed by atoms with Crippen molar-refractivity contribution in [3.8, 4) is 0 Å². The van der Waals surface area contributed by atoms with Gasteiger partial charge >= 0.3 is 29.6 Å². The van der Waals surface area contributed by atoms with E-state index in [2.05, 4.69) is 15.8 Å². The SMILES string of the molecule is Clc1ccc(CN2CNCCN2)cc1Cl.[NaH]. The fourth-order valence-corrected chi connectivity index (χ4v) is 1.86. The summed E-state index contributed by atoms with van der Waals surface area (Å²) in [4.78, 5) is 0. The van der Waals surface area contributed by atoms with Crippen molar-refractivity contribution >= 4 is 52.8 Å². The Morgan fingerprint density at radius 2 is 2.00 bits per heavy atom. The van der Waals surface area contributed by atoms with Gasteiger partial charge in [0, 0.05) is 19.6 Å². The van der Waals surface area contributed by atoms with Crippen LogP contribution in [0.4, 0.5) is 0 Å². The van der Waals surface area contributed by atoms with E-state index in [1.165, 1.54) is 0 Å². The van der Waals surface area contributed by atoms with E-state index < -0.39 is 0 Å². The van der Waals surface area contributed by atoms with E-state index in [-0.39, 0.29) is 29.6 Å². The molecule has 1 fully saturated rings. The maximum atomic E-state index is 5.95. The Balaban J connectivity index is 0.00000128. The summed E-state index contributed by atoms with van der Waals surface area (Å²) < 4.78 is 0. The van der Waals surface area contributed by atoms with Crippen LogP contribution in [0.15, 0.2) is 18.2 Å². The summed E-state index contributed by atoms with van der Waals surface area (Å²) in [6.45, 7) is 3.64. The van der Waals surface area contributed by atoms with Crippen LogP contribution in [0.3, 0.4) is 0 Å². The van der Waals surface area contributed by atoms with Crippen molar-refractivity contribution in [1.82, 2.24) is 15.8 Å². The van der Waals surface area contributed by atoms with Crippen molar-refractivity contribution in [3.05, 3.63) is 33.8 Å². The summed E-state index contributed by atoms with van der Waals surface area (Å²) >= 11 is 11.8. The maximum absolute atomic E-state index is 5.95. The minimum absolute atomic E-state index is 0. The van der Waals surface area contributed by atoms with Gasteiger partial charge in [0.2, 0.25) is 0 Å².